The highest BCUT2D eigenvalue weighted by atomic mass is 16.3. The lowest BCUT2D eigenvalue weighted by molar-refractivity contribution is 0.121. The molecule has 128 valence electrons. The lowest BCUT2D eigenvalue weighted by Gasteiger charge is -2.30. The van der Waals surface area contributed by atoms with Crippen LogP contribution in [0.5, 0.6) is 0 Å². The van der Waals surface area contributed by atoms with Gasteiger partial charge in [0.1, 0.15) is 0 Å². The van der Waals surface area contributed by atoms with Crippen molar-refractivity contribution < 1.29 is 9.90 Å². The summed E-state index contributed by atoms with van der Waals surface area (Å²) >= 11 is 0. The first-order valence-corrected chi connectivity index (χ1v) is 8.34. The zero-order valence-corrected chi connectivity index (χ0v) is 13.9. The molecule has 1 aliphatic rings. The van der Waals surface area contributed by atoms with E-state index >= 15 is 0 Å². The predicted molar refractivity (Wildman–Crippen MR) is 91.8 cm³/mol. The number of para-hydroxylation sites is 1. The van der Waals surface area contributed by atoms with Gasteiger partial charge in [0.05, 0.1) is 18.6 Å². The van der Waals surface area contributed by atoms with Gasteiger partial charge in [0.25, 0.3) is 0 Å². The lowest BCUT2D eigenvalue weighted by atomic mass is 9.86. The van der Waals surface area contributed by atoms with Crippen molar-refractivity contribution in [2.24, 2.45) is 5.41 Å². The molecule has 1 saturated carbocycles. The number of carbonyl (C=O) groups excluding carboxylic acids is 1. The molecule has 1 aromatic heterocycles. The van der Waals surface area contributed by atoms with Crippen LogP contribution in [-0.2, 0) is 6.54 Å². The van der Waals surface area contributed by atoms with Gasteiger partial charge in [-0.3, -0.25) is 0 Å². The van der Waals surface area contributed by atoms with Crippen LogP contribution < -0.4 is 10.6 Å². The Morgan fingerprint density at radius 3 is 3.04 bits per heavy atom. The zero-order chi connectivity index (χ0) is 17.0. The minimum Gasteiger partial charge on any atom is -0.396 e. The van der Waals surface area contributed by atoms with Crippen molar-refractivity contribution in [2.75, 3.05) is 6.61 Å². The molecule has 2 unspecified atom stereocenters. The molecule has 2 aromatic rings. The normalized spacial score (nSPS) is 23.2. The number of amides is 2. The van der Waals surface area contributed by atoms with Gasteiger partial charge >= 0.3 is 6.03 Å². The van der Waals surface area contributed by atoms with E-state index in [0.29, 0.717) is 6.54 Å². The van der Waals surface area contributed by atoms with Crippen LogP contribution >= 0.6 is 0 Å². The maximum atomic E-state index is 12.3. The van der Waals surface area contributed by atoms with Gasteiger partial charge in [-0.05, 0) is 24.5 Å². The molecule has 1 aromatic carbocycles. The van der Waals surface area contributed by atoms with Gasteiger partial charge in [-0.15, -0.1) is 0 Å². The first-order valence-electron chi connectivity index (χ1n) is 8.34. The van der Waals surface area contributed by atoms with Crippen molar-refractivity contribution in [1.82, 2.24) is 20.2 Å². The SMILES string of the molecule is CC1(CO)CCCC1NC(=O)NCc1ccccc1-n1ccnc1. The number of urea groups is 1. The molecule has 3 rings (SSSR count). The molecule has 0 bridgehead atoms. The summed E-state index contributed by atoms with van der Waals surface area (Å²) in [6.07, 6.45) is 8.24. The molecule has 1 aliphatic carbocycles. The van der Waals surface area contributed by atoms with E-state index in [1.807, 2.05) is 42.0 Å². The number of nitrogens with one attached hydrogen (secondary N) is 2. The highest BCUT2D eigenvalue weighted by Crippen LogP contribution is 2.37. The summed E-state index contributed by atoms with van der Waals surface area (Å²) in [5, 5.41) is 15.5. The van der Waals surface area contributed by atoms with Crippen LogP contribution in [0.15, 0.2) is 43.0 Å². The largest absolute Gasteiger partial charge is 0.396 e. The number of benzene rings is 1. The summed E-state index contributed by atoms with van der Waals surface area (Å²) in [5.41, 5.74) is 1.80. The van der Waals surface area contributed by atoms with E-state index in [2.05, 4.69) is 15.6 Å². The number of hydrogen-bond donors (Lipinski definition) is 3. The van der Waals surface area contributed by atoms with Gasteiger partial charge in [0.15, 0.2) is 0 Å². The quantitative estimate of drug-likeness (QED) is 0.787. The Kier molecular flexibility index (Phi) is 4.85. The van der Waals surface area contributed by atoms with Crippen LogP contribution in [-0.4, -0.2) is 33.3 Å². The number of imidazole rings is 1. The number of aliphatic hydroxyl groups excluding tert-OH is 1. The molecule has 0 radical (unpaired) electrons. The fourth-order valence-electron chi connectivity index (χ4n) is 3.37. The molecule has 1 heterocycles. The second-order valence-electron chi connectivity index (χ2n) is 6.68. The minimum atomic E-state index is -0.216. The van der Waals surface area contributed by atoms with Crippen LogP contribution in [0, 0.1) is 5.41 Å². The van der Waals surface area contributed by atoms with Crippen LogP contribution in [0.3, 0.4) is 0 Å². The predicted octanol–water partition coefficient (Wildman–Crippen LogP) is 2.22. The standard InChI is InChI=1S/C18H24N4O2/c1-18(12-23)8-4-7-16(18)21-17(24)20-11-14-5-2-3-6-15(14)22-10-9-19-13-22/h2-3,5-6,9-10,13,16,23H,4,7-8,11-12H2,1H3,(H2,20,21,24). The van der Waals surface area contributed by atoms with Crippen LogP contribution in [0.4, 0.5) is 4.79 Å². The number of aliphatic hydroxyl groups is 1. The van der Waals surface area contributed by atoms with Gasteiger partial charge in [0.2, 0.25) is 0 Å². The Morgan fingerprint density at radius 1 is 1.46 bits per heavy atom. The molecular formula is C18H24N4O2. The zero-order valence-electron chi connectivity index (χ0n) is 13.9. The highest BCUT2D eigenvalue weighted by Gasteiger charge is 2.39. The number of aromatic nitrogens is 2. The van der Waals surface area contributed by atoms with Crippen molar-refractivity contribution in [2.45, 2.75) is 38.8 Å². The summed E-state index contributed by atoms with van der Waals surface area (Å²) in [7, 11) is 0. The van der Waals surface area contributed by atoms with Gasteiger partial charge in [-0.1, -0.05) is 31.5 Å². The third-order valence-electron chi connectivity index (χ3n) is 4.96. The molecule has 0 spiro atoms. The Morgan fingerprint density at radius 2 is 2.29 bits per heavy atom. The fourth-order valence-corrected chi connectivity index (χ4v) is 3.37. The van der Waals surface area contributed by atoms with Crippen LogP contribution in [0.25, 0.3) is 5.69 Å². The van der Waals surface area contributed by atoms with E-state index in [9.17, 15) is 9.90 Å². The number of carbonyl (C=O) groups is 1. The number of nitrogens with zero attached hydrogens (tertiary/aromatic N) is 2. The van der Waals surface area contributed by atoms with Gasteiger partial charge in [-0.25, -0.2) is 9.78 Å². The number of rotatable bonds is 5. The molecule has 24 heavy (non-hydrogen) atoms. The first kappa shape index (κ1) is 16.5. The molecule has 6 nitrogen and oxygen atoms in total. The Labute approximate surface area is 141 Å². The molecule has 6 heteroatoms. The van der Waals surface area contributed by atoms with E-state index in [4.69, 9.17) is 0 Å². The summed E-state index contributed by atoms with van der Waals surface area (Å²) < 4.78 is 1.93. The van der Waals surface area contributed by atoms with Crippen molar-refractivity contribution in [3.8, 4) is 5.69 Å². The van der Waals surface area contributed by atoms with E-state index in [-0.39, 0.29) is 24.1 Å². The van der Waals surface area contributed by atoms with Crippen molar-refractivity contribution >= 4 is 6.03 Å². The molecular weight excluding hydrogens is 304 g/mol. The second-order valence-corrected chi connectivity index (χ2v) is 6.68. The molecule has 1 fully saturated rings. The maximum absolute atomic E-state index is 12.3. The highest BCUT2D eigenvalue weighted by molar-refractivity contribution is 5.74. The summed E-state index contributed by atoms with van der Waals surface area (Å²) in [4.78, 5) is 16.3. The molecule has 0 saturated heterocycles. The van der Waals surface area contributed by atoms with Crippen molar-refractivity contribution in [3.05, 3.63) is 48.5 Å². The topological polar surface area (TPSA) is 79.2 Å². The summed E-state index contributed by atoms with van der Waals surface area (Å²) in [6, 6.07) is 7.73. The average Bonchev–Trinajstić information content (AvgIpc) is 3.24. The van der Waals surface area contributed by atoms with Crippen LogP contribution in [0.2, 0.25) is 0 Å². The average molecular weight is 328 g/mol. The Balaban J connectivity index is 1.61. The molecule has 3 N–H and O–H groups in total. The van der Waals surface area contributed by atoms with E-state index in [0.717, 1.165) is 30.5 Å². The van der Waals surface area contributed by atoms with Gasteiger partial charge in [-0.2, -0.15) is 0 Å². The fraction of sp³-hybridized carbons (Fsp3) is 0.444. The van der Waals surface area contributed by atoms with Gasteiger partial charge in [0, 0.05) is 30.4 Å². The summed E-state index contributed by atoms with van der Waals surface area (Å²) in [5.74, 6) is 0. The van der Waals surface area contributed by atoms with Crippen molar-refractivity contribution in [3.63, 3.8) is 0 Å². The monoisotopic (exact) mass is 328 g/mol. The third kappa shape index (κ3) is 3.43. The number of hydrogen-bond acceptors (Lipinski definition) is 3. The smallest absolute Gasteiger partial charge is 0.315 e. The molecule has 0 aliphatic heterocycles. The molecule has 2 atom stereocenters. The van der Waals surface area contributed by atoms with E-state index in [1.54, 1.807) is 12.5 Å². The van der Waals surface area contributed by atoms with Gasteiger partial charge < -0.3 is 20.3 Å². The third-order valence-corrected chi connectivity index (χ3v) is 4.96. The first-order chi connectivity index (χ1) is 11.6. The minimum absolute atomic E-state index is 0.0198. The molecule has 2 amide bonds. The Bertz CT molecular complexity index is 686. The lowest BCUT2D eigenvalue weighted by Crippen LogP contribution is -2.48. The van der Waals surface area contributed by atoms with Crippen molar-refractivity contribution in [1.29, 1.82) is 0 Å². The van der Waals surface area contributed by atoms with E-state index < -0.39 is 0 Å². The van der Waals surface area contributed by atoms with E-state index in [1.165, 1.54) is 0 Å². The van der Waals surface area contributed by atoms with Crippen LogP contribution in [0.1, 0.15) is 31.7 Å². The maximum Gasteiger partial charge on any atom is 0.315 e. The second kappa shape index (κ2) is 7.05. The Hall–Kier alpha value is -2.34. The summed E-state index contributed by atoms with van der Waals surface area (Å²) in [6.45, 7) is 2.56.